The molecule has 0 unspecified atom stereocenters. The van der Waals surface area contributed by atoms with E-state index in [1.54, 1.807) is 15.8 Å². The maximum absolute atomic E-state index is 13.3. The molecule has 4 heterocycles. The van der Waals surface area contributed by atoms with E-state index < -0.39 is 5.92 Å². The number of alkyl halides is 2. The SMILES string of the molecule is Cc1nc(N2CCC(CC(=O)N3CCC(F)(F)CC3)CC2)c2cnn(C)c2n1. The molecule has 2 aromatic rings. The van der Waals surface area contributed by atoms with Crippen molar-refractivity contribution in [2.24, 2.45) is 13.0 Å². The van der Waals surface area contributed by atoms with Gasteiger partial charge in [0, 0.05) is 52.5 Å². The highest BCUT2D eigenvalue weighted by Gasteiger charge is 2.36. The zero-order valence-electron chi connectivity index (χ0n) is 16.4. The Hall–Kier alpha value is -2.32. The predicted octanol–water partition coefficient (Wildman–Crippen LogP) is 2.54. The molecule has 0 bridgehead atoms. The molecule has 2 aliphatic heterocycles. The molecule has 2 aromatic heterocycles. The number of hydrogen-bond acceptors (Lipinski definition) is 5. The van der Waals surface area contributed by atoms with Crippen molar-refractivity contribution in [3.8, 4) is 0 Å². The largest absolute Gasteiger partial charge is 0.356 e. The Morgan fingerprint density at radius 1 is 1.18 bits per heavy atom. The number of rotatable bonds is 3. The second-order valence-corrected chi connectivity index (χ2v) is 7.97. The lowest BCUT2D eigenvalue weighted by molar-refractivity contribution is -0.138. The van der Waals surface area contributed by atoms with Gasteiger partial charge in [-0.2, -0.15) is 5.10 Å². The third kappa shape index (κ3) is 3.79. The van der Waals surface area contributed by atoms with Gasteiger partial charge in [0.25, 0.3) is 5.92 Å². The highest BCUT2D eigenvalue weighted by Crippen LogP contribution is 2.31. The van der Waals surface area contributed by atoms with Crippen LogP contribution in [0, 0.1) is 12.8 Å². The van der Waals surface area contributed by atoms with E-state index >= 15 is 0 Å². The quantitative estimate of drug-likeness (QED) is 0.803. The lowest BCUT2D eigenvalue weighted by atomic mass is 9.92. The lowest BCUT2D eigenvalue weighted by Gasteiger charge is -2.35. The third-order valence-corrected chi connectivity index (χ3v) is 5.91. The molecule has 0 radical (unpaired) electrons. The number of halogens is 2. The Kier molecular flexibility index (Phi) is 4.93. The average Bonchev–Trinajstić information content (AvgIpc) is 3.02. The van der Waals surface area contributed by atoms with E-state index in [-0.39, 0.29) is 31.8 Å². The molecule has 7 nitrogen and oxygen atoms in total. The van der Waals surface area contributed by atoms with E-state index in [4.69, 9.17) is 0 Å². The molecule has 152 valence electrons. The maximum Gasteiger partial charge on any atom is 0.251 e. The summed E-state index contributed by atoms with van der Waals surface area (Å²) in [6.45, 7) is 3.85. The summed E-state index contributed by atoms with van der Waals surface area (Å²) in [5.74, 6) is -0.695. The maximum atomic E-state index is 13.3. The van der Waals surface area contributed by atoms with Crippen molar-refractivity contribution in [3.05, 3.63) is 12.0 Å². The van der Waals surface area contributed by atoms with Crippen molar-refractivity contribution < 1.29 is 13.6 Å². The molecule has 28 heavy (non-hydrogen) atoms. The van der Waals surface area contributed by atoms with Gasteiger partial charge in [-0.25, -0.2) is 18.7 Å². The standard InChI is InChI=1S/C19H26F2N6O/c1-13-23-17-15(12-22-25(17)2)18(24-13)27-7-3-14(4-8-27)11-16(28)26-9-5-19(20,21)6-10-26/h12,14H,3-11H2,1-2H3. The zero-order chi connectivity index (χ0) is 19.9. The summed E-state index contributed by atoms with van der Waals surface area (Å²) >= 11 is 0. The second-order valence-electron chi connectivity index (χ2n) is 7.97. The first-order chi connectivity index (χ1) is 13.3. The number of likely N-dealkylation sites (tertiary alicyclic amines) is 1. The average molecular weight is 392 g/mol. The van der Waals surface area contributed by atoms with Gasteiger partial charge in [0.2, 0.25) is 5.91 Å². The first-order valence-corrected chi connectivity index (χ1v) is 9.89. The normalized spacial score (nSPS) is 20.7. The van der Waals surface area contributed by atoms with Gasteiger partial charge in [0.1, 0.15) is 11.6 Å². The Morgan fingerprint density at radius 3 is 2.54 bits per heavy atom. The number of aromatic nitrogens is 4. The number of piperidine rings is 2. The molecule has 0 aromatic carbocycles. The van der Waals surface area contributed by atoms with Gasteiger partial charge < -0.3 is 9.80 Å². The summed E-state index contributed by atoms with van der Waals surface area (Å²) in [6.07, 6.45) is 3.59. The fourth-order valence-electron chi connectivity index (χ4n) is 4.16. The smallest absolute Gasteiger partial charge is 0.251 e. The van der Waals surface area contributed by atoms with Crippen LogP contribution in [0.25, 0.3) is 11.0 Å². The Labute approximate surface area is 162 Å². The van der Waals surface area contributed by atoms with Crippen LogP contribution in [0.5, 0.6) is 0 Å². The van der Waals surface area contributed by atoms with Gasteiger partial charge >= 0.3 is 0 Å². The topological polar surface area (TPSA) is 67.2 Å². The molecule has 4 rings (SSSR count). The van der Waals surface area contributed by atoms with E-state index in [2.05, 4.69) is 20.0 Å². The summed E-state index contributed by atoms with van der Waals surface area (Å²) in [4.78, 5) is 25.4. The van der Waals surface area contributed by atoms with Crippen molar-refractivity contribution in [2.75, 3.05) is 31.1 Å². The van der Waals surface area contributed by atoms with E-state index in [9.17, 15) is 13.6 Å². The Morgan fingerprint density at radius 2 is 1.86 bits per heavy atom. The first-order valence-electron chi connectivity index (χ1n) is 9.89. The summed E-state index contributed by atoms with van der Waals surface area (Å²) in [6, 6.07) is 0. The van der Waals surface area contributed by atoms with Crippen LogP contribution < -0.4 is 4.90 Å². The minimum absolute atomic E-state index is 0.0153. The molecule has 0 atom stereocenters. The van der Waals surface area contributed by atoms with Crippen molar-refractivity contribution in [3.63, 3.8) is 0 Å². The molecule has 0 N–H and O–H groups in total. The van der Waals surface area contributed by atoms with E-state index in [0.717, 1.165) is 42.8 Å². The number of carbonyl (C=O) groups is 1. The van der Waals surface area contributed by atoms with Crippen molar-refractivity contribution in [2.45, 2.75) is 45.0 Å². The molecule has 9 heteroatoms. The van der Waals surface area contributed by atoms with E-state index in [1.807, 2.05) is 14.0 Å². The highest BCUT2D eigenvalue weighted by molar-refractivity contribution is 5.87. The molecule has 0 aliphatic carbocycles. The Balaban J connectivity index is 1.36. The van der Waals surface area contributed by atoms with Crippen LogP contribution in [-0.4, -0.2) is 62.7 Å². The van der Waals surface area contributed by atoms with Crippen molar-refractivity contribution in [1.29, 1.82) is 0 Å². The van der Waals surface area contributed by atoms with E-state index in [0.29, 0.717) is 18.2 Å². The molecule has 2 fully saturated rings. The van der Waals surface area contributed by atoms with Gasteiger partial charge in [-0.3, -0.25) is 9.48 Å². The number of hydrogen-bond donors (Lipinski definition) is 0. The van der Waals surface area contributed by atoms with Crippen LogP contribution in [0.3, 0.4) is 0 Å². The summed E-state index contributed by atoms with van der Waals surface area (Å²) < 4.78 is 28.3. The van der Waals surface area contributed by atoms with Crippen LogP contribution >= 0.6 is 0 Å². The molecular formula is C19H26F2N6O. The van der Waals surface area contributed by atoms with Gasteiger partial charge in [-0.05, 0) is 25.7 Å². The summed E-state index contributed by atoms with van der Waals surface area (Å²) in [5, 5.41) is 5.23. The Bertz CT molecular complexity index is 865. The third-order valence-electron chi connectivity index (χ3n) is 5.91. The molecule has 0 saturated carbocycles. The fourth-order valence-corrected chi connectivity index (χ4v) is 4.16. The summed E-state index contributed by atoms with van der Waals surface area (Å²) in [5.41, 5.74) is 0.821. The van der Waals surface area contributed by atoms with Crippen LogP contribution in [0.1, 0.15) is 37.9 Å². The molecule has 1 amide bonds. The predicted molar refractivity (Wildman–Crippen MR) is 101 cm³/mol. The number of nitrogens with zero attached hydrogens (tertiary/aromatic N) is 6. The van der Waals surface area contributed by atoms with Crippen LogP contribution in [0.2, 0.25) is 0 Å². The molecular weight excluding hydrogens is 366 g/mol. The number of amides is 1. The minimum Gasteiger partial charge on any atom is -0.356 e. The first kappa shape index (κ1) is 19.0. The fraction of sp³-hybridized carbons (Fsp3) is 0.684. The molecule has 0 spiro atoms. The van der Waals surface area contributed by atoms with Gasteiger partial charge in [-0.1, -0.05) is 0 Å². The van der Waals surface area contributed by atoms with Crippen LogP contribution in [0.15, 0.2) is 6.20 Å². The number of carbonyl (C=O) groups excluding carboxylic acids is 1. The zero-order valence-corrected chi connectivity index (χ0v) is 16.4. The number of anilines is 1. The van der Waals surface area contributed by atoms with Crippen LogP contribution in [-0.2, 0) is 11.8 Å². The van der Waals surface area contributed by atoms with Crippen LogP contribution in [0.4, 0.5) is 14.6 Å². The number of fused-ring (bicyclic) bond motifs is 1. The molecule has 2 aliphatic rings. The van der Waals surface area contributed by atoms with Gasteiger partial charge in [-0.15, -0.1) is 0 Å². The van der Waals surface area contributed by atoms with Crippen molar-refractivity contribution in [1.82, 2.24) is 24.6 Å². The second kappa shape index (κ2) is 7.25. The highest BCUT2D eigenvalue weighted by atomic mass is 19.3. The minimum atomic E-state index is -2.62. The summed E-state index contributed by atoms with van der Waals surface area (Å²) in [7, 11) is 1.87. The van der Waals surface area contributed by atoms with Gasteiger partial charge in [0.05, 0.1) is 11.6 Å². The monoisotopic (exact) mass is 392 g/mol. The van der Waals surface area contributed by atoms with E-state index in [1.165, 1.54) is 0 Å². The number of aryl methyl sites for hydroxylation is 2. The van der Waals surface area contributed by atoms with Gasteiger partial charge in [0.15, 0.2) is 5.65 Å². The van der Waals surface area contributed by atoms with Crippen molar-refractivity contribution >= 4 is 22.8 Å². The molecule has 2 saturated heterocycles. The lowest BCUT2D eigenvalue weighted by Crippen LogP contribution is -2.44.